The first-order valence-electron chi connectivity index (χ1n) is 14.8. The van der Waals surface area contributed by atoms with Gasteiger partial charge >= 0.3 is 0 Å². The Bertz CT molecular complexity index is 2620. The molecule has 1 aliphatic carbocycles. The minimum atomic E-state index is 1.26. The molecule has 0 spiro atoms. The van der Waals surface area contributed by atoms with Crippen molar-refractivity contribution in [1.29, 1.82) is 0 Å². The van der Waals surface area contributed by atoms with Gasteiger partial charge in [0.1, 0.15) is 0 Å². The molecule has 43 heavy (non-hydrogen) atoms. The molecule has 0 radical (unpaired) electrons. The summed E-state index contributed by atoms with van der Waals surface area (Å²) in [5.74, 6) is 0. The maximum atomic E-state index is 2.39. The minimum absolute atomic E-state index is 1.26. The largest absolute Gasteiger partial charge is 0.135 e. The van der Waals surface area contributed by atoms with E-state index in [0.29, 0.717) is 0 Å². The molecule has 0 bridgehead atoms. The molecule has 0 unspecified atom stereocenters. The molecule has 0 amide bonds. The van der Waals surface area contributed by atoms with Crippen LogP contribution < -0.4 is 0 Å². The van der Waals surface area contributed by atoms with Gasteiger partial charge in [0.15, 0.2) is 0 Å². The van der Waals surface area contributed by atoms with Crippen LogP contribution in [-0.2, 0) is 0 Å². The van der Waals surface area contributed by atoms with Crippen molar-refractivity contribution in [2.24, 2.45) is 0 Å². The number of hydrogen-bond donors (Lipinski definition) is 0. The van der Waals surface area contributed by atoms with Gasteiger partial charge in [-0.1, -0.05) is 115 Å². The molecule has 0 saturated carbocycles. The number of fused-ring (bicyclic) bond motifs is 9. The van der Waals surface area contributed by atoms with E-state index in [2.05, 4.69) is 146 Å². The predicted molar refractivity (Wildman–Crippen MR) is 187 cm³/mol. The molecular formula is C42H24S. The van der Waals surface area contributed by atoms with E-state index in [-0.39, 0.29) is 0 Å². The Morgan fingerprint density at radius 2 is 0.953 bits per heavy atom. The maximum Gasteiger partial charge on any atom is 0.0434 e. The van der Waals surface area contributed by atoms with Crippen LogP contribution >= 0.6 is 11.3 Å². The number of thiophene rings is 1. The zero-order chi connectivity index (χ0) is 28.1. The van der Waals surface area contributed by atoms with Gasteiger partial charge < -0.3 is 0 Å². The van der Waals surface area contributed by atoms with E-state index in [1.54, 1.807) is 0 Å². The fourth-order valence-corrected chi connectivity index (χ4v) is 8.60. The van der Waals surface area contributed by atoms with Gasteiger partial charge in [0, 0.05) is 25.6 Å². The molecule has 0 N–H and O–H groups in total. The Kier molecular flexibility index (Phi) is 4.69. The molecule has 8 aromatic carbocycles. The van der Waals surface area contributed by atoms with E-state index in [4.69, 9.17) is 0 Å². The first kappa shape index (κ1) is 23.3. The van der Waals surface area contributed by atoms with Crippen LogP contribution in [0.1, 0.15) is 0 Å². The summed E-state index contributed by atoms with van der Waals surface area (Å²) in [5, 5.41) is 10.6. The van der Waals surface area contributed by atoms with E-state index >= 15 is 0 Å². The van der Waals surface area contributed by atoms with Gasteiger partial charge in [-0.2, -0.15) is 0 Å². The van der Waals surface area contributed by atoms with Crippen molar-refractivity contribution in [1.82, 2.24) is 0 Å². The molecule has 1 aliphatic rings. The second-order valence-corrected chi connectivity index (χ2v) is 12.7. The van der Waals surface area contributed by atoms with Crippen molar-refractivity contribution in [3.05, 3.63) is 146 Å². The Labute approximate surface area is 253 Å². The van der Waals surface area contributed by atoms with Crippen molar-refractivity contribution in [2.75, 3.05) is 0 Å². The third-order valence-corrected chi connectivity index (χ3v) is 10.6. The number of hydrogen-bond acceptors (Lipinski definition) is 1. The summed E-state index contributed by atoms with van der Waals surface area (Å²) in [6, 6.07) is 54.2. The van der Waals surface area contributed by atoms with Gasteiger partial charge in [-0.3, -0.25) is 0 Å². The predicted octanol–water partition coefficient (Wildman–Crippen LogP) is 12.5. The molecular weight excluding hydrogens is 537 g/mol. The standard InChI is InChI=1S/C42H24S/c1-2-9-33-32(8-1)36-12-5-7-29-23-30(24-39(33)41(29)36)27-16-15-26-22-28(18-17-25(26)21-27)31-11-6-13-37-34(31)19-20-38-35-10-3-4-14-40(35)43-42(37)38/h1-24H. The van der Waals surface area contributed by atoms with Crippen LogP contribution in [0.3, 0.4) is 0 Å². The first-order valence-corrected chi connectivity index (χ1v) is 15.7. The average molecular weight is 561 g/mol. The van der Waals surface area contributed by atoms with Crippen LogP contribution in [0.4, 0.5) is 0 Å². The van der Waals surface area contributed by atoms with Crippen LogP contribution in [0.5, 0.6) is 0 Å². The molecule has 0 saturated heterocycles. The van der Waals surface area contributed by atoms with Gasteiger partial charge in [0.25, 0.3) is 0 Å². The summed E-state index contributed by atoms with van der Waals surface area (Å²) >= 11 is 1.90. The second-order valence-electron chi connectivity index (χ2n) is 11.7. The van der Waals surface area contributed by atoms with Gasteiger partial charge in [0.2, 0.25) is 0 Å². The molecule has 9 aromatic rings. The van der Waals surface area contributed by atoms with Crippen LogP contribution in [-0.4, -0.2) is 0 Å². The monoisotopic (exact) mass is 560 g/mol. The highest BCUT2D eigenvalue weighted by Gasteiger charge is 2.21. The zero-order valence-corrected chi connectivity index (χ0v) is 24.1. The molecule has 198 valence electrons. The Morgan fingerprint density at radius 1 is 0.326 bits per heavy atom. The van der Waals surface area contributed by atoms with Crippen LogP contribution in [0.15, 0.2) is 146 Å². The smallest absolute Gasteiger partial charge is 0.0434 e. The Morgan fingerprint density at radius 3 is 1.86 bits per heavy atom. The van der Waals surface area contributed by atoms with Crippen molar-refractivity contribution in [2.45, 2.75) is 0 Å². The van der Waals surface area contributed by atoms with Gasteiger partial charge in [-0.15, -0.1) is 11.3 Å². The number of rotatable bonds is 2. The summed E-state index contributed by atoms with van der Waals surface area (Å²) in [4.78, 5) is 0. The lowest BCUT2D eigenvalue weighted by molar-refractivity contribution is 1.66. The lowest BCUT2D eigenvalue weighted by Gasteiger charge is -2.11. The summed E-state index contributed by atoms with van der Waals surface area (Å²) in [7, 11) is 0. The van der Waals surface area contributed by atoms with E-state index < -0.39 is 0 Å². The van der Waals surface area contributed by atoms with Crippen LogP contribution in [0.2, 0.25) is 0 Å². The van der Waals surface area contributed by atoms with Crippen molar-refractivity contribution >= 4 is 63.8 Å². The second kappa shape index (κ2) is 8.64. The van der Waals surface area contributed by atoms with E-state index in [0.717, 1.165) is 0 Å². The fraction of sp³-hybridized carbons (Fsp3) is 0. The summed E-state index contributed by atoms with van der Waals surface area (Å²) in [5.41, 5.74) is 10.4. The quantitative estimate of drug-likeness (QED) is 0.197. The molecule has 1 aromatic heterocycles. The van der Waals surface area contributed by atoms with Crippen LogP contribution in [0, 0.1) is 0 Å². The first-order chi connectivity index (χ1) is 21.3. The summed E-state index contributed by atoms with van der Waals surface area (Å²) in [6.07, 6.45) is 0. The maximum absolute atomic E-state index is 2.39. The number of benzene rings is 8. The molecule has 0 atom stereocenters. The molecule has 1 heteroatoms. The molecule has 0 aliphatic heterocycles. The lowest BCUT2D eigenvalue weighted by atomic mass is 9.93. The molecule has 0 nitrogen and oxygen atoms in total. The third kappa shape index (κ3) is 3.31. The lowest BCUT2D eigenvalue weighted by Crippen LogP contribution is -1.85. The molecule has 0 fully saturated rings. The highest BCUT2D eigenvalue weighted by atomic mass is 32.1. The molecule has 10 rings (SSSR count). The van der Waals surface area contributed by atoms with Crippen molar-refractivity contribution < 1.29 is 0 Å². The zero-order valence-electron chi connectivity index (χ0n) is 23.3. The van der Waals surface area contributed by atoms with Crippen LogP contribution in [0.25, 0.3) is 97.0 Å². The van der Waals surface area contributed by atoms with Gasteiger partial charge in [0.05, 0.1) is 0 Å². The SMILES string of the molecule is c1ccc2c(c1)-c1cccc3cc(-c4ccc5cc(-c6cccc7c6ccc6c8ccccc8sc76)ccc5c4)cc-2c13. The Balaban J connectivity index is 1.10. The van der Waals surface area contributed by atoms with E-state index in [1.807, 2.05) is 11.3 Å². The summed E-state index contributed by atoms with van der Waals surface area (Å²) < 4.78 is 2.72. The van der Waals surface area contributed by atoms with E-state index in [9.17, 15) is 0 Å². The minimum Gasteiger partial charge on any atom is -0.135 e. The van der Waals surface area contributed by atoms with Gasteiger partial charge in [-0.25, -0.2) is 0 Å². The molecule has 1 heterocycles. The fourth-order valence-electron chi connectivity index (χ4n) is 7.37. The average Bonchev–Trinajstić information content (AvgIpc) is 3.61. The third-order valence-electron chi connectivity index (χ3n) is 9.37. The highest BCUT2D eigenvalue weighted by Crippen LogP contribution is 2.48. The Hall–Kier alpha value is -5.24. The van der Waals surface area contributed by atoms with Gasteiger partial charge in [-0.05, 0) is 102 Å². The highest BCUT2D eigenvalue weighted by molar-refractivity contribution is 7.26. The normalized spacial score (nSPS) is 12.2. The van der Waals surface area contributed by atoms with E-state index in [1.165, 1.54) is 97.0 Å². The topological polar surface area (TPSA) is 0 Å². The summed E-state index contributed by atoms with van der Waals surface area (Å²) in [6.45, 7) is 0. The van der Waals surface area contributed by atoms with Crippen molar-refractivity contribution in [3.8, 4) is 44.5 Å². The van der Waals surface area contributed by atoms with Crippen molar-refractivity contribution in [3.63, 3.8) is 0 Å².